The van der Waals surface area contributed by atoms with E-state index in [9.17, 15) is 4.79 Å². The van der Waals surface area contributed by atoms with Gasteiger partial charge in [-0.05, 0) is 6.07 Å². The van der Waals surface area contributed by atoms with Gasteiger partial charge in [0.15, 0.2) is 0 Å². The minimum Gasteiger partial charge on any atom is -0.469 e. The molecule has 17 heavy (non-hydrogen) atoms. The first-order valence-corrected chi connectivity index (χ1v) is 5.57. The van der Waals surface area contributed by atoms with Gasteiger partial charge in [0.05, 0.1) is 6.26 Å². The molecule has 0 atom stereocenters. The van der Waals surface area contributed by atoms with Crippen LogP contribution >= 0.6 is 0 Å². The molecular weight excluding hydrogens is 214 g/mol. The number of carbonyl (C=O) groups is 1. The number of rotatable bonds is 2. The van der Waals surface area contributed by atoms with Crippen molar-refractivity contribution in [1.29, 1.82) is 0 Å². The molecular formula is C14H11NO2. The number of hydrogen-bond donors (Lipinski definition) is 0. The van der Waals surface area contributed by atoms with E-state index in [-0.39, 0.29) is 5.78 Å². The summed E-state index contributed by atoms with van der Waals surface area (Å²) in [7, 11) is 0. The second kappa shape index (κ2) is 4.01. The SMILES string of the molecule is O=C(C1=NCCc2occc21)c1ccccc1. The van der Waals surface area contributed by atoms with Crippen molar-refractivity contribution in [3.63, 3.8) is 0 Å². The topological polar surface area (TPSA) is 42.6 Å². The number of benzene rings is 1. The van der Waals surface area contributed by atoms with E-state index >= 15 is 0 Å². The largest absolute Gasteiger partial charge is 0.469 e. The molecule has 1 aromatic heterocycles. The van der Waals surface area contributed by atoms with E-state index in [4.69, 9.17) is 4.42 Å². The van der Waals surface area contributed by atoms with Crippen LogP contribution in [0.1, 0.15) is 21.7 Å². The number of nitrogens with zero attached hydrogens (tertiary/aromatic N) is 1. The molecule has 0 unspecified atom stereocenters. The Labute approximate surface area is 98.8 Å². The van der Waals surface area contributed by atoms with Gasteiger partial charge in [-0.2, -0.15) is 0 Å². The van der Waals surface area contributed by atoms with Gasteiger partial charge < -0.3 is 4.42 Å². The first-order valence-electron chi connectivity index (χ1n) is 5.57. The molecule has 0 saturated carbocycles. The number of fused-ring (bicyclic) bond motifs is 1. The third-order valence-electron chi connectivity index (χ3n) is 2.86. The van der Waals surface area contributed by atoms with Gasteiger partial charge in [0.25, 0.3) is 0 Å². The van der Waals surface area contributed by atoms with Gasteiger partial charge in [0, 0.05) is 24.1 Å². The van der Waals surface area contributed by atoms with E-state index in [1.807, 2.05) is 24.3 Å². The van der Waals surface area contributed by atoms with Crippen molar-refractivity contribution in [3.8, 4) is 0 Å². The van der Waals surface area contributed by atoms with Gasteiger partial charge >= 0.3 is 0 Å². The predicted octanol–water partition coefficient (Wildman–Crippen LogP) is 2.51. The number of Topliss-reactive ketones (excluding diaryl/α,β-unsaturated/α-hetero) is 1. The van der Waals surface area contributed by atoms with Crippen molar-refractivity contribution >= 4 is 11.5 Å². The van der Waals surface area contributed by atoms with E-state index in [2.05, 4.69) is 4.99 Å². The van der Waals surface area contributed by atoms with Crippen LogP contribution in [0.25, 0.3) is 0 Å². The fraction of sp³-hybridized carbons (Fsp3) is 0.143. The van der Waals surface area contributed by atoms with Gasteiger partial charge in [-0.1, -0.05) is 30.3 Å². The molecule has 84 valence electrons. The zero-order valence-electron chi connectivity index (χ0n) is 9.22. The zero-order valence-corrected chi connectivity index (χ0v) is 9.22. The molecule has 2 aromatic rings. The monoisotopic (exact) mass is 225 g/mol. The molecule has 1 aliphatic heterocycles. The molecule has 0 amide bonds. The van der Waals surface area contributed by atoms with E-state index in [0.717, 1.165) is 17.7 Å². The number of aliphatic imine (C=N–C) groups is 1. The lowest BCUT2D eigenvalue weighted by Gasteiger charge is -2.10. The Morgan fingerprint density at radius 1 is 1.18 bits per heavy atom. The van der Waals surface area contributed by atoms with E-state index < -0.39 is 0 Å². The Morgan fingerprint density at radius 3 is 2.82 bits per heavy atom. The van der Waals surface area contributed by atoms with Gasteiger partial charge in [-0.3, -0.25) is 9.79 Å². The number of hydrogen-bond acceptors (Lipinski definition) is 3. The number of furan rings is 1. The average molecular weight is 225 g/mol. The van der Waals surface area contributed by atoms with Crippen molar-refractivity contribution in [2.24, 2.45) is 4.99 Å². The molecule has 1 aromatic carbocycles. The van der Waals surface area contributed by atoms with Crippen LogP contribution in [-0.4, -0.2) is 18.0 Å². The standard InChI is InChI=1S/C14H11NO2/c16-14(10-4-2-1-3-5-10)13-11-7-9-17-12(11)6-8-15-13/h1-5,7,9H,6,8H2. The van der Waals surface area contributed by atoms with Crippen LogP contribution in [0.3, 0.4) is 0 Å². The Hall–Kier alpha value is -2.16. The Bertz CT molecular complexity index is 581. The first-order chi connectivity index (χ1) is 8.36. The van der Waals surface area contributed by atoms with Crippen LogP contribution in [0, 0.1) is 0 Å². The van der Waals surface area contributed by atoms with Crippen molar-refractivity contribution in [2.75, 3.05) is 6.54 Å². The molecule has 0 radical (unpaired) electrons. The predicted molar refractivity (Wildman–Crippen MR) is 64.6 cm³/mol. The van der Waals surface area contributed by atoms with Gasteiger partial charge in [0.1, 0.15) is 11.5 Å². The van der Waals surface area contributed by atoms with Gasteiger partial charge in [0.2, 0.25) is 5.78 Å². The molecule has 3 heteroatoms. The second-order valence-corrected chi connectivity index (χ2v) is 3.93. The van der Waals surface area contributed by atoms with Crippen LogP contribution in [0.4, 0.5) is 0 Å². The van der Waals surface area contributed by atoms with E-state index in [1.54, 1.807) is 18.4 Å². The number of ketones is 1. The Balaban J connectivity index is 2.02. The molecule has 3 nitrogen and oxygen atoms in total. The lowest BCUT2D eigenvalue weighted by atomic mass is 9.98. The quantitative estimate of drug-likeness (QED) is 0.737. The molecule has 0 saturated heterocycles. The average Bonchev–Trinajstić information content (AvgIpc) is 2.87. The van der Waals surface area contributed by atoms with Crippen molar-refractivity contribution in [1.82, 2.24) is 0 Å². The molecule has 3 rings (SSSR count). The van der Waals surface area contributed by atoms with Gasteiger partial charge in [-0.15, -0.1) is 0 Å². The number of carbonyl (C=O) groups excluding carboxylic acids is 1. The molecule has 1 aliphatic rings. The summed E-state index contributed by atoms with van der Waals surface area (Å²) in [5, 5.41) is 0. The minimum atomic E-state index is -0.0343. The third kappa shape index (κ3) is 1.69. The highest BCUT2D eigenvalue weighted by Crippen LogP contribution is 2.19. The minimum absolute atomic E-state index is 0.0343. The first kappa shape index (κ1) is 10.0. The summed E-state index contributed by atoms with van der Waals surface area (Å²) in [6.07, 6.45) is 2.39. The van der Waals surface area contributed by atoms with Crippen LogP contribution in [0.5, 0.6) is 0 Å². The molecule has 0 fully saturated rings. The summed E-state index contributed by atoms with van der Waals surface area (Å²) in [6, 6.07) is 11.0. The van der Waals surface area contributed by atoms with E-state index in [0.29, 0.717) is 17.8 Å². The van der Waals surface area contributed by atoms with Crippen LogP contribution < -0.4 is 0 Å². The highest BCUT2D eigenvalue weighted by atomic mass is 16.3. The normalized spacial score (nSPS) is 14.0. The smallest absolute Gasteiger partial charge is 0.211 e. The maximum Gasteiger partial charge on any atom is 0.211 e. The summed E-state index contributed by atoms with van der Waals surface area (Å²) in [5.74, 6) is 0.826. The Kier molecular flexibility index (Phi) is 2.37. The molecule has 0 spiro atoms. The molecule has 0 aliphatic carbocycles. The Morgan fingerprint density at radius 2 is 2.00 bits per heavy atom. The summed E-state index contributed by atoms with van der Waals surface area (Å²) in [6.45, 7) is 0.619. The lowest BCUT2D eigenvalue weighted by Crippen LogP contribution is -2.20. The lowest BCUT2D eigenvalue weighted by molar-refractivity contribution is 0.106. The van der Waals surface area contributed by atoms with Crippen molar-refractivity contribution in [3.05, 3.63) is 59.5 Å². The van der Waals surface area contributed by atoms with Crippen LogP contribution in [-0.2, 0) is 6.42 Å². The summed E-state index contributed by atoms with van der Waals surface area (Å²) >= 11 is 0. The molecule has 2 heterocycles. The van der Waals surface area contributed by atoms with Crippen LogP contribution in [0.15, 0.2) is 52.1 Å². The van der Waals surface area contributed by atoms with E-state index in [1.165, 1.54) is 0 Å². The van der Waals surface area contributed by atoms with Crippen molar-refractivity contribution < 1.29 is 9.21 Å². The fourth-order valence-electron chi connectivity index (χ4n) is 2.02. The maximum atomic E-state index is 12.3. The summed E-state index contributed by atoms with van der Waals surface area (Å²) in [5.41, 5.74) is 2.02. The fourth-order valence-corrected chi connectivity index (χ4v) is 2.02. The highest BCUT2D eigenvalue weighted by molar-refractivity contribution is 6.51. The van der Waals surface area contributed by atoms with Crippen molar-refractivity contribution in [2.45, 2.75) is 6.42 Å². The van der Waals surface area contributed by atoms with Gasteiger partial charge in [-0.25, -0.2) is 0 Å². The third-order valence-corrected chi connectivity index (χ3v) is 2.86. The molecule has 0 bridgehead atoms. The zero-order chi connectivity index (χ0) is 11.7. The highest BCUT2D eigenvalue weighted by Gasteiger charge is 2.23. The second-order valence-electron chi connectivity index (χ2n) is 3.93. The summed E-state index contributed by atoms with van der Waals surface area (Å²) in [4.78, 5) is 16.6. The summed E-state index contributed by atoms with van der Waals surface area (Å²) < 4.78 is 5.34. The van der Waals surface area contributed by atoms with Crippen LogP contribution in [0.2, 0.25) is 0 Å². The molecule has 0 N–H and O–H groups in total. The maximum absolute atomic E-state index is 12.3.